The molecule has 1 atom stereocenters. The molecule has 160 valence electrons. The highest BCUT2D eigenvalue weighted by Gasteiger charge is 2.28. The second-order valence-electron chi connectivity index (χ2n) is 8.09. The maximum Gasteiger partial charge on any atom is 0.261 e. The van der Waals surface area contributed by atoms with Gasteiger partial charge in [0.05, 0.1) is 18.5 Å². The summed E-state index contributed by atoms with van der Waals surface area (Å²) < 4.78 is 5.28. The molecule has 2 saturated heterocycles. The molecule has 2 amide bonds. The summed E-state index contributed by atoms with van der Waals surface area (Å²) in [5.74, 6) is 0.442. The lowest BCUT2D eigenvalue weighted by molar-refractivity contribution is -0.136. The average Bonchev–Trinajstić information content (AvgIpc) is 3.29. The van der Waals surface area contributed by atoms with Gasteiger partial charge in [-0.3, -0.25) is 19.3 Å². The number of piperidine rings is 1. The normalized spacial score (nSPS) is 20.4. The Labute approximate surface area is 175 Å². The third kappa shape index (κ3) is 4.33. The molecular weight excluding hydrogens is 384 g/mol. The topological polar surface area (TPSA) is 89.9 Å². The number of nitrogens with one attached hydrogen (secondary N) is 1. The van der Waals surface area contributed by atoms with Crippen molar-refractivity contribution in [3.63, 3.8) is 0 Å². The molecule has 2 aromatic heterocycles. The SMILES string of the molecule is CC1CCCCN1C(=O)CN1CCN(C(=O)c2ccc(-c3ccco3)[nH]c2=O)CC1. The van der Waals surface area contributed by atoms with Gasteiger partial charge >= 0.3 is 0 Å². The van der Waals surface area contributed by atoms with Crippen molar-refractivity contribution in [2.24, 2.45) is 0 Å². The predicted molar refractivity (Wildman–Crippen MR) is 112 cm³/mol. The van der Waals surface area contributed by atoms with E-state index in [0.717, 1.165) is 19.4 Å². The number of carbonyl (C=O) groups is 2. The van der Waals surface area contributed by atoms with Crippen LogP contribution < -0.4 is 5.56 Å². The first kappa shape index (κ1) is 20.4. The molecule has 2 aliphatic rings. The molecule has 8 nitrogen and oxygen atoms in total. The first-order valence-electron chi connectivity index (χ1n) is 10.6. The molecule has 1 N–H and O–H groups in total. The summed E-state index contributed by atoms with van der Waals surface area (Å²) >= 11 is 0. The van der Waals surface area contributed by atoms with Gasteiger partial charge < -0.3 is 19.2 Å². The van der Waals surface area contributed by atoms with E-state index in [1.54, 1.807) is 29.2 Å². The number of nitrogens with zero attached hydrogens (tertiary/aromatic N) is 3. The second-order valence-corrected chi connectivity index (χ2v) is 8.09. The number of furan rings is 1. The molecule has 30 heavy (non-hydrogen) atoms. The monoisotopic (exact) mass is 412 g/mol. The van der Waals surface area contributed by atoms with Crippen molar-refractivity contribution in [3.8, 4) is 11.5 Å². The van der Waals surface area contributed by atoms with Crippen LogP contribution in [0.1, 0.15) is 36.5 Å². The number of pyridine rings is 1. The molecule has 2 aliphatic heterocycles. The van der Waals surface area contributed by atoms with E-state index in [2.05, 4.69) is 16.8 Å². The largest absolute Gasteiger partial charge is 0.463 e. The molecule has 8 heteroatoms. The molecule has 0 aromatic carbocycles. The Kier molecular flexibility index (Phi) is 6.03. The number of hydrogen-bond donors (Lipinski definition) is 1. The number of piperazine rings is 1. The molecule has 0 saturated carbocycles. The lowest BCUT2D eigenvalue weighted by Gasteiger charge is -2.38. The van der Waals surface area contributed by atoms with E-state index < -0.39 is 5.56 Å². The van der Waals surface area contributed by atoms with Crippen LogP contribution in [0, 0.1) is 0 Å². The van der Waals surface area contributed by atoms with Crippen molar-refractivity contribution in [2.75, 3.05) is 39.3 Å². The molecule has 0 bridgehead atoms. The fourth-order valence-corrected chi connectivity index (χ4v) is 4.25. The lowest BCUT2D eigenvalue weighted by Crippen LogP contribution is -2.53. The van der Waals surface area contributed by atoms with Gasteiger partial charge in [-0.2, -0.15) is 0 Å². The molecule has 4 rings (SSSR count). The number of amides is 2. The van der Waals surface area contributed by atoms with Crippen LogP contribution in [0.4, 0.5) is 0 Å². The van der Waals surface area contributed by atoms with Crippen LogP contribution in [0.2, 0.25) is 0 Å². The number of H-pyrrole nitrogens is 1. The quantitative estimate of drug-likeness (QED) is 0.827. The summed E-state index contributed by atoms with van der Waals surface area (Å²) in [6, 6.07) is 7.03. The minimum atomic E-state index is -0.425. The van der Waals surface area contributed by atoms with E-state index in [9.17, 15) is 14.4 Å². The number of aromatic nitrogens is 1. The Morgan fingerprint density at radius 3 is 2.57 bits per heavy atom. The zero-order valence-electron chi connectivity index (χ0n) is 17.3. The number of likely N-dealkylation sites (tertiary alicyclic amines) is 1. The third-order valence-electron chi connectivity index (χ3n) is 6.07. The maximum absolute atomic E-state index is 12.8. The summed E-state index contributed by atoms with van der Waals surface area (Å²) in [4.78, 5) is 46.4. The molecule has 1 unspecified atom stereocenters. The van der Waals surface area contributed by atoms with Gasteiger partial charge in [-0.05, 0) is 50.5 Å². The van der Waals surface area contributed by atoms with Crippen molar-refractivity contribution in [3.05, 3.63) is 46.4 Å². The lowest BCUT2D eigenvalue weighted by atomic mass is 10.0. The Bertz CT molecular complexity index is 944. The standard InChI is InChI=1S/C22H28N4O4/c1-16-5-2-3-9-26(16)20(27)15-24-10-12-25(13-11-24)22(29)17-7-8-18(23-21(17)28)19-6-4-14-30-19/h4,6-8,14,16H,2-3,5,9-13,15H2,1H3,(H,23,28). The molecule has 0 radical (unpaired) electrons. The molecular formula is C22H28N4O4. The number of aromatic amines is 1. The van der Waals surface area contributed by atoms with E-state index in [1.807, 2.05) is 4.90 Å². The van der Waals surface area contributed by atoms with Crippen molar-refractivity contribution in [2.45, 2.75) is 32.2 Å². The maximum atomic E-state index is 12.8. The van der Waals surface area contributed by atoms with E-state index >= 15 is 0 Å². The number of carbonyl (C=O) groups excluding carboxylic acids is 2. The summed E-state index contributed by atoms with van der Waals surface area (Å²) in [7, 11) is 0. The van der Waals surface area contributed by atoms with Gasteiger partial charge in [0.1, 0.15) is 11.3 Å². The molecule has 2 aromatic rings. The number of rotatable bonds is 4. The van der Waals surface area contributed by atoms with Crippen LogP contribution in [-0.2, 0) is 4.79 Å². The first-order chi connectivity index (χ1) is 14.5. The molecule has 4 heterocycles. The van der Waals surface area contributed by atoms with Crippen LogP contribution in [0.5, 0.6) is 0 Å². The second kappa shape index (κ2) is 8.87. The molecule has 0 spiro atoms. The van der Waals surface area contributed by atoms with Gasteiger partial charge in [0.15, 0.2) is 0 Å². The van der Waals surface area contributed by atoms with Gasteiger partial charge in [-0.25, -0.2) is 0 Å². The van der Waals surface area contributed by atoms with E-state index in [0.29, 0.717) is 50.2 Å². The fourth-order valence-electron chi connectivity index (χ4n) is 4.25. The number of hydrogen-bond acceptors (Lipinski definition) is 5. The van der Waals surface area contributed by atoms with Crippen molar-refractivity contribution < 1.29 is 14.0 Å². The van der Waals surface area contributed by atoms with E-state index in [1.165, 1.54) is 12.7 Å². The van der Waals surface area contributed by atoms with Crippen LogP contribution in [-0.4, -0.2) is 76.8 Å². The summed E-state index contributed by atoms with van der Waals surface area (Å²) in [5.41, 5.74) is 0.236. The summed E-state index contributed by atoms with van der Waals surface area (Å²) in [6.45, 7) is 5.61. The van der Waals surface area contributed by atoms with Gasteiger partial charge in [0.25, 0.3) is 11.5 Å². The van der Waals surface area contributed by atoms with Crippen LogP contribution in [0.3, 0.4) is 0 Å². The van der Waals surface area contributed by atoms with Crippen LogP contribution >= 0.6 is 0 Å². The van der Waals surface area contributed by atoms with Gasteiger partial charge in [-0.1, -0.05) is 0 Å². The Balaban J connectivity index is 1.33. The summed E-state index contributed by atoms with van der Waals surface area (Å²) in [6.07, 6.45) is 4.86. The van der Waals surface area contributed by atoms with Crippen molar-refractivity contribution in [1.82, 2.24) is 19.7 Å². The van der Waals surface area contributed by atoms with Gasteiger partial charge in [0.2, 0.25) is 5.91 Å². The highest BCUT2D eigenvalue weighted by molar-refractivity contribution is 5.94. The fraction of sp³-hybridized carbons (Fsp3) is 0.500. The minimum Gasteiger partial charge on any atom is -0.463 e. The highest BCUT2D eigenvalue weighted by atomic mass is 16.3. The van der Waals surface area contributed by atoms with E-state index in [-0.39, 0.29) is 17.4 Å². The van der Waals surface area contributed by atoms with Crippen LogP contribution in [0.25, 0.3) is 11.5 Å². The van der Waals surface area contributed by atoms with E-state index in [4.69, 9.17) is 4.42 Å². The molecule has 2 fully saturated rings. The van der Waals surface area contributed by atoms with Crippen molar-refractivity contribution in [1.29, 1.82) is 0 Å². The first-order valence-corrected chi connectivity index (χ1v) is 10.6. The smallest absolute Gasteiger partial charge is 0.261 e. The average molecular weight is 412 g/mol. The predicted octanol–water partition coefficient (Wildman–Crippen LogP) is 1.79. The van der Waals surface area contributed by atoms with Gasteiger partial charge in [0, 0.05) is 38.8 Å². The van der Waals surface area contributed by atoms with Gasteiger partial charge in [-0.15, -0.1) is 0 Å². The highest BCUT2D eigenvalue weighted by Crippen LogP contribution is 2.18. The third-order valence-corrected chi connectivity index (χ3v) is 6.07. The van der Waals surface area contributed by atoms with Crippen LogP contribution in [0.15, 0.2) is 39.7 Å². The molecule has 0 aliphatic carbocycles. The summed E-state index contributed by atoms with van der Waals surface area (Å²) in [5, 5.41) is 0. The zero-order valence-corrected chi connectivity index (χ0v) is 17.3. The zero-order chi connectivity index (χ0) is 21.1. The van der Waals surface area contributed by atoms with Crippen molar-refractivity contribution >= 4 is 11.8 Å². The minimum absolute atomic E-state index is 0.122. The Morgan fingerprint density at radius 2 is 1.90 bits per heavy atom. The Morgan fingerprint density at radius 1 is 1.10 bits per heavy atom. The Hall–Kier alpha value is -2.87.